The van der Waals surface area contributed by atoms with E-state index in [2.05, 4.69) is 59.9 Å². The topological polar surface area (TPSA) is 66.0 Å². The lowest BCUT2D eigenvalue weighted by Gasteiger charge is -2.30. The third-order valence-electron chi connectivity index (χ3n) is 7.55. The third-order valence-corrected chi connectivity index (χ3v) is 7.55. The number of rotatable bonds is 10. The summed E-state index contributed by atoms with van der Waals surface area (Å²) in [6, 6.07) is 4.95. The van der Waals surface area contributed by atoms with Gasteiger partial charge in [0.15, 0.2) is 0 Å². The SMILES string of the molecule is CCCCNc1ncc(-c2ccc(C3CCC(CN(C)C)CC3)cn2)c(NC2CCCCC2)n1. The van der Waals surface area contributed by atoms with Crippen LogP contribution in [0.25, 0.3) is 11.3 Å². The fraction of sp³-hybridized carbons (Fsp3) is 0.679. The molecule has 2 aliphatic carbocycles. The molecule has 6 heteroatoms. The second kappa shape index (κ2) is 12.5. The molecular weight excluding hydrogens is 420 g/mol. The van der Waals surface area contributed by atoms with Gasteiger partial charge in [-0.3, -0.25) is 4.98 Å². The monoisotopic (exact) mass is 464 g/mol. The van der Waals surface area contributed by atoms with Crippen molar-refractivity contribution in [3.8, 4) is 11.3 Å². The van der Waals surface area contributed by atoms with Crippen LogP contribution in [-0.2, 0) is 0 Å². The first-order valence-corrected chi connectivity index (χ1v) is 13.6. The van der Waals surface area contributed by atoms with E-state index in [0.717, 1.165) is 42.4 Å². The summed E-state index contributed by atoms with van der Waals surface area (Å²) in [5.74, 6) is 3.11. The Bertz CT molecular complexity index is 867. The summed E-state index contributed by atoms with van der Waals surface area (Å²) < 4.78 is 0. The zero-order chi connectivity index (χ0) is 23.8. The summed E-state index contributed by atoms with van der Waals surface area (Å²) in [6.45, 7) is 4.32. The Balaban J connectivity index is 1.47. The Kier molecular flexibility index (Phi) is 9.14. The Hall–Kier alpha value is -2.21. The molecule has 4 rings (SSSR count). The maximum Gasteiger partial charge on any atom is 0.224 e. The number of nitrogens with zero attached hydrogens (tertiary/aromatic N) is 4. The molecule has 2 aromatic heterocycles. The number of aromatic nitrogens is 3. The maximum absolute atomic E-state index is 4.90. The molecule has 2 N–H and O–H groups in total. The molecule has 34 heavy (non-hydrogen) atoms. The first kappa shape index (κ1) is 24.9. The molecule has 0 aliphatic heterocycles. The Morgan fingerprint density at radius 1 is 0.941 bits per heavy atom. The summed E-state index contributed by atoms with van der Waals surface area (Å²) in [5, 5.41) is 7.13. The molecule has 0 spiro atoms. The lowest BCUT2D eigenvalue weighted by Crippen LogP contribution is -2.25. The lowest BCUT2D eigenvalue weighted by atomic mass is 9.79. The van der Waals surface area contributed by atoms with Gasteiger partial charge in [-0.2, -0.15) is 4.98 Å². The molecule has 186 valence electrons. The molecule has 2 fully saturated rings. The molecule has 6 nitrogen and oxygen atoms in total. The molecule has 0 radical (unpaired) electrons. The molecule has 0 amide bonds. The van der Waals surface area contributed by atoms with Gasteiger partial charge in [0.05, 0.1) is 11.3 Å². The van der Waals surface area contributed by atoms with E-state index < -0.39 is 0 Å². The van der Waals surface area contributed by atoms with Gasteiger partial charge in [-0.25, -0.2) is 4.98 Å². The summed E-state index contributed by atoms with van der Waals surface area (Å²) in [7, 11) is 4.37. The van der Waals surface area contributed by atoms with Gasteiger partial charge in [0, 0.05) is 31.5 Å². The van der Waals surface area contributed by atoms with E-state index in [1.54, 1.807) is 0 Å². The Morgan fingerprint density at radius 3 is 2.41 bits per heavy atom. The molecule has 0 unspecified atom stereocenters. The molecular formula is C28H44N6. The van der Waals surface area contributed by atoms with E-state index in [1.807, 2.05) is 6.20 Å². The third kappa shape index (κ3) is 6.91. The average Bonchev–Trinajstić information content (AvgIpc) is 2.85. The zero-order valence-corrected chi connectivity index (χ0v) is 21.5. The molecule has 2 heterocycles. The van der Waals surface area contributed by atoms with Crippen molar-refractivity contribution >= 4 is 11.8 Å². The smallest absolute Gasteiger partial charge is 0.224 e. The molecule has 2 saturated carbocycles. The van der Waals surface area contributed by atoms with Crippen LogP contribution in [0.1, 0.15) is 89.0 Å². The maximum atomic E-state index is 4.90. The highest BCUT2D eigenvalue weighted by Gasteiger charge is 2.23. The highest BCUT2D eigenvalue weighted by atomic mass is 15.1. The average molecular weight is 465 g/mol. The van der Waals surface area contributed by atoms with Crippen molar-refractivity contribution in [3.05, 3.63) is 30.1 Å². The van der Waals surface area contributed by atoms with Crippen LogP contribution < -0.4 is 10.6 Å². The summed E-state index contributed by atoms with van der Waals surface area (Å²) in [6.07, 6.45) is 17.9. The summed E-state index contributed by atoms with van der Waals surface area (Å²) in [4.78, 5) is 16.7. The molecule has 2 aromatic rings. The number of anilines is 2. The van der Waals surface area contributed by atoms with Crippen LogP contribution in [0.2, 0.25) is 0 Å². The van der Waals surface area contributed by atoms with Gasteiger partial charge >= 0.3 is 0 Å². The van der Waals surface area contributed by atoms with Gasteiger partial charge in [0.25, 0.3) is 0 Å². The van der Waals surface area contributed by atoms with Gasteiger partial charge in [-0.15, -0.1) is 0 Å². The van der Waals surface area contributed by atoms with Gasteiger partial charge < -0.3 is 15.5 Å². The van der Waals surface area contributed by atoms with Crippen LogP contribution in [0, 0.1) is 5.92 Å². The van der Waals surface area contributed by atoms with Crippen molar-refractivity contribution in [1.29, 1.82) is 0 Å². The van der Waals surface area contributed by atoms with Crippen LogP contribution in [0.5, 0.6) is 0 Å². The van der Waals surface area contributed by atoms with E-state index in [0.29, 0.717) is 17.9 Å². The van der Waals surface area contributed by atoms with Crippen molar-refractivity contribution in [2.45, 2.75) is 89.5 Å². The van der Waals surface area contributed by atoms with Gasteiger partial charge in [0.2, 0.25) is 5.95 Å². The van der Waals surface area contributed by atoms with Crippen molar-refractivity contribution in [2.75, 3.05) is 37.8 Å². The van der Waals surface area contributed by atoms with Crippen LogP contribution in [0.15, 0.2) is 24.5 Å². The van der Waals surface area contributed by atoms with Crippen molar-refractivity contribution in [2.24, 2.45) is 5.92 Å². The highest BCUT2D eigenvalue weighted by molar-refractivity contribution is 5.73. The van der Waals surface area contributed by atoms with E-state index in [9.17, 15) is 0 Å². The number of unbranched alkanes of at least 4 members (excludes halogenated alkanes) is 1. The minimum Gasteiger partial charge on any atom is -0.367 e. The van der Waals surface area contributed by atoms with Crippen LogP contribution in [0.3, 0.4) is 0 Å². The predicted octanol–water partition coefficient (Wildman–Crippen LogP) is 6.33. The molecule has 2 aliphatic rings. The Labute approximate surface area is 206 Å². The van der Waals surface area contributed by atoms with Gasteiger partial charge in [-0.1, -0.05) is 38.7 Å². The molecule has 0 aromatic carbocycles. The fourth-order valence-corrected chi connectivity index (χ4v) is 5.58. The fourth-order valence-electron chi connectivity index (χ4n) is 5.58. The predicted molar refractivity (Wildman–Crippen MR) is 142 cm³/mol. The highest BCUT2D eigenvalue weighted by Crippen LogP contribution is 2.36. The Morgan fingerprint density at radius 2 is 1.74 bits per heavy atom. The van der Waals surface area contributed by atoms with Gasteiger partial charge in [0.1, 0.15) is 5.82 Å². The quantitative estimate of drug-likeness (QED) is 0.401. The molecule has 0 atom stereocenters. The second-order valence-corrected chi connectivity index (χ2v) is 10.7. The second-order valence-electron chi connectivity index (χ2n) is 10.7. The van der Waals surface area contributed by atoms with Crippen molar-refractivity contribution in [1.82, 2.24) is 19.9 Å². The minimum absolute atomic E-state index is 0.488. The van der Waals surface area contributed by atoms with Gasteiger partial charge in [-0.05, 0) is 82.5 Å². The van der Waals surface area contributed by atoms with E-state index in [4.69, 9.17) is 9.97 Å². The van der Waals surface area contributed by atoms with Crippen LogP contribution in [-0.4, -0.2) is 53.1 Å². The standard InChI is InChI=1S/C28H44N6/c1-4-5-17-29-28-31-19-25(27(33-28)32-24-9-7-6-8-10-24)26-16-15-23(18-30-26)22-13-11-21(12-14-22)20-34(2)3/h15-16,18-19,21-22,24H,4-14,17,20H2,1-3H3,(H2,29,31,32,33). The number of nitrogens with one attached hydrogen (secondary N) is 2. The zero-order valence-electron chi connectivity index (χ0n) is 21.5. The summed E-state index contributed by atoms with van der Waals surface area (Å²) in [5.41, 5.74) is 3.35. The van der Waals surface area contributed by atoms with Crippen LogP contribution >= 0.6 is 0 Å². The summed E-state index contributed by atoms with van der Waals surface area (Å²) >= 11 is 0. The lowest BCUT2D eigenvalue weighted by molar-refractivity contribution is 0.249. The normalized spacial score (nSPS) is 21.5. The number of hydrogen-bond acceptors (Lipinski definition) is 6. The molecule has 0 saturated heterocycles. The van der Waals surface area contributed by atoms with E-state index in [-0.39, 0.29) is 0 Å². The first-order valence-electron chi connectivity index (χ1n) is 13.6. The van der Waals surface area contributed by atoms with Crippen molar-refractivity contribution < 1.29 is 0 Å². The number of pyridine rings is 1. The largest absolute Gasteiger partial charge is 0.367 e. The molecule has 0 bridgehead atoms. The number of hydrogen-bond donors (Lipinski definition) is 2. The van der Waals surface area contributed by atoms with Crippen LogP contribution in [0.4, 0.5) is 11.8 Å². The van der Waals surface area contributed by atoms with E-state index >= 15 is 0 Å². The van der Waals surface area contributed by atoms with E-state index in [1.165, 1.54) is 69.9 Å². The first-order chi connectivity index (χ1) is 16.6. The minimum atomic E-state index is 0.488. The van der Waals surface area contributed by atoms with Crippen molar-refractivity contribution in [3.63, 3.8) is 0 Å².